The minimum absolute atomic E-state index is 0.0463. The molecule has 0 bridgehead atoms. The Morgan fingerprint density at radius 3 is 2.18 bits per heavy atom. The molecule has 4 aliphatic carbocycles. The molecular formula is C39H56O12. The van der Waals surface area contributed by atoms with Crippen LogP contribution in [0.1, 0.15) is 94.9 Å². The SMILES string of the molecule is CC(=O)O[C@H]1[C@H](O[C@@H]2C[C@@]3(C)[C@@H]4CC=C5[C@@H](C=C(O)C(=O)C5(C)C)[C@]4(C)CC[C@]3(C)[C@H]2[C@@](C)(O)C(=O)/C=C/C(C)(C)O)OC[C@H](OC(C)=O)[C@@H]1O. The molecule has 1 heterocycles. The van der Waals surface area contributed by atoms with Crippen LogP contribution in [0.2, 0.25) is 0 Å². The summed E-state index contributed by atoms with van der Waals surface area (Å²) < 4.78 is 23.4. The van der Waals surface area contributed by atoms with Gasteiger partial charge in [-0.3, -0.25) is 19.2 Å². The summed E-state index contributed by atoms with van der Waals surface area (Å²) in [5.74, 6) is -3.66. The molecule has 284 valence electrons. The van der Waals surface area contributed by atoms with Gasteiger partial charge in [-0.15, -0.1) is 0 Å². The van der Waals surface area contributed by atoms with Gasteiger partial charge in [0, 0.05) is 25.7 Å². The number of ether oxygens (including phenoxy) is 4. The Labute approximate surface area is 300 Å². The van der Waals surface area contributed by atoms with Crippen molar-refractivity contribution < 1.29 is 58.6 Å². The van der Waals surface area contributed by atoms with E-state index in [-0.39, 0.29) is 30.0 Å². The standard InChI is InChI=1S/C39H56O12/c1-20(40)49-26-19-48-33(30(29(26)44)50-21(2)41)51-25-18-38(9)27-12-11-22-23(17-24(42)32(45)35(22,5)6)36(27,7)15-16-37(38,8)31(25)39(10,47)28(43)13-14-34(3,4)46/h11,13-14,17,23,25-27,29-31,33,42,44,46-47H,12,15-16,18-19H2,1-10H3/b14-13+/t23-,25-,26+,27-,29+,30-,31+,33+,36+,37-,38+,39+/m1/s1. The first-order valence-electron chi connectivity index (χ1n) is 18.0. The average Bonchev–Trinajstić information content (AvgIpc) is 3.24. The van der Waals surface area contributed by atoms with Crippen molar-refractivity contribution in [3.63, 3.8) is 0 Å². The maximum absolute atomic E-state index is 14.0. The number of aliphatic hydroxyl groups excluding tert-OH is 2. The van der Waals surface area contributed by atoms with Crippen molar-refractivity contribution in [2.24, 2.45) is 39.4 Å². The molecule has 2 saturated carbocycles. The second-order valence-electron chi connectivity index (χ2n) is 17.5. The van der Waals surface area contributed by atoms with Crippen molar-refractivity contribution in [3.8, 4) is 0 Å². The Kier molecular flexibility index (Phi) is 9.94. The fourth-order valence-corrected chi connectivity index (χ4v) is 10.6. The molecular weight excluding hydrogens is 660 g/mol. The van der Waals surface area contributed by atoms with E-state index in [2.05, 4.69) is 26.8 Å². The molecule has 12 nitrogen and oxygen atoms in total. The third-order valence-corrected chi connectivity index (χ3v) is 13.3. The maximum Gasteiger partial charge on any atom is 0.303 e. The molecule has 0 aromatic heterocycles. The van der Waals surface area contributed by atoms with Gasteiger partial charge in [0.15, 0.2) is 30.0 Å². The van der Waals surface area contributed by atoms with Crippen LogP contribution in [0.25, 0.3) is 0 Å². The highest BCUT2D eigenvalue weighted by Crippen LogP contribution is 2.75. The van der Waals surface area contributed by atoms with Crippen LogP contribution in [0.15, 0.2) is 35.6 Å². The molecule has 0 unspecified atom stereocenters. The molecule has 0 spiro atoms. The zero-order valence-electron chi connectivity index (χ0n) is 31.5. The lowest BCUT2D eigenvalue weighted by Crippen LogP contribution is -2.61. The van der Waals surface area contributed by atoms with Gasteiger partial charge in [-0.1, -0.05) is 38.5 Å². The molecule has 12 atom stereocenters. The zero-order chi connectivity index (χ0) is 38.3. The molecule has 0 aromatic rings. The third-order valence-electron chi connectivity index (χ3n) is 13.3. The van der Waals surface area contributed by atoms with Gasteiger partial charge in [-0.05, 0) is 94.6 Å². The minimum Gasteiger partial charge on any atom is -0.505 e. The van der Waals surface area contributed by atoms with Crippen molar-refractivity contribution in [3.05, 3.63) is 35.6 Å². The Morgan fingerprint density at radius 2 is 1.59 bits per heavy atom. The first-order valence-corrected chi connectivity index (χ1v) is 18.0. The predicted octanol–water partition coefficient (Wildman–Crippen LogP) is 4.05. The van der Waals surface area contributed by atoms with E-state index in [1.54, 1.807) is 6.08 Å². The van der Waals surface area contributed by atoms with Crippen molar-refractivity contribution in [1.82, 2.24) is 0 Å². The maximum atomic E-state index is 14.0. The predicted molar refractivity (Wildman–Crippen MR) is 184 cm³/mol. The van der Waals surface area contributed by atoms with Gasteiger partial charge >= 0.3 is 11.9 Å². The van der Waals surface area contributed by atoms with Crippen molar-refractivity contribution in [2.75, 3.05) is 6.61 Å². The van der Waals surface area contributed by atoms with Crippen LogP contribution in [0.5, 0.6) is 0 Å². The molecule has 0 amide bonds. The van der Waals surface area contributed by atoms with Crippen LogP contribution in [0.4, 0.5) is 0 Å². The lowest BCUT2D eigenvalue weighted by atomic mass is 9.39. The smallest absolute Gasteiger partial charge is 0.303 e. The second kappa shape index (κ2) is 12.9. The Morgan fingerprint density at radius 1 is 0.961 bits per heavy atom. The van der Waals surface area contributed by atoms with E-state index in [1.807, 2.05) is 13.8 Å². The normalized spacial score (nSPS) is 41.7. The largest absolute Gasteiger partial charge is 0.505 e. The molecule has 51 heavy (non-hydrogen) atoms. The number of rotatable bonds is 8. The molecule has 0 aromatic carbocycles. The number of carbonyl (C=O) groups excluding carboxylic acids is 4. The Hall–Kier alpha value is -2.90. The van der Waals surface area contributed by atoms with Crippen molar-refractivity contribution >= 4 is 23.5 Å². The third kappa shape index (κ3) is 6.43. The van der Waals surface area contributed by atoms with E-state index in [4.69, 9.17) is 18.9 Å². The summed E-state index contributed by atoms with van der Waals surface area (Å²) in [7, 11) is 0. The zero-order valence-corrected chi connectivity index (χ0v) is 31.5. The summed E-state index contributed by atoms with van der Waals surface area (Å²) in [5, 5.41) is 44.8. The van der Waals surface area contributed by atoms with Crippen LogP contribution in [0.3, 0.4) is 0 Å². The molecule has 12 heteroatoms. The molecule has 0 radical (unpaired) electrons. The molecule has 3 fully saturated rings. The number of hydrogen-bond donors (Lipinski definition) is 4. The molecule has 4 N–H and O–H groups in total. The highest BCUT2D eigenvalue weighted by Gasteiger charge is 2.73. The number of hydrogen-bond acceptors (Lipinski definition) is 12. The number of aliphatic hydroxyl groups is 4. The van der Waals surface area contributed by atoms with Crippen molar-refractivity contribution in [2.45, 2.75) is 137 Å². The lowest BCUT2D eigenvalue weighted by Gasteiger charge is -2.64. The number of ketones is 2. The summed E-state index contributed by atoms with van der Waals surface area (Å²) in [4.78, 5) is 51.0. The van der Waals surface area contributed by atoms with Crippen LogP contribution >= 0.6 is 0 Å². The number of esters is 2. The van der Waals surface area contributed by atoms with Gasteiger partial charge in [-0.2, -0.15) is 0 Å². The quantitative estimate of drug-likeness (QED) is 0.161. The summed E-state index contributed by atoms with van der Waals surface area (Å²) in [6, 6.07) is 0. The Balaban J connectivity index is 1.60. The summed E-state index contributed by atoms with van der Waals surface area (Å²) in [6.07, 6.45) is 2.33. The number of allylic oxidation sites excluding steroid dienone is 4. The highest BCUT2D eigenvalue weighted by atomic mass is 16.7. The first kappa shape index (κ1) is 39.3. The van der Waals surface area contributed by atoms with E-state index in [9.17, 15) is 39.6 Å². The van der Waals surface area contributed by atoms with E-state index in [0.29, 0.717) is 25.7 Å². The van der Waals surface area contributed by atoms with Crippen LogP contribution < -0.4 is 0 Å². The number of Topliss-reactive ketones (excluding diaryl/α,β-unsaturated/α-hetero) is 1. The summed E-state index contributed by atoms with van der Waals surface area (Å²) in [5.41, 5.74) is -4.95. The molecule has 5 aliphatic rings. The topological polar surface area (TPSA) is 186 Å². The van der Waals surface area contributed by atoms with Crippen LogP contribution in [-0.2, 0) is 38.1 Å². The van der Waals surface area contributed by atoms with Crippen LogP contribution in [0, 0.1) is 39.4 Å². The first-order chi connectivity index (χ1) is 23.3. The fraction of sp³-hybridized carbons (Fsp3) is 0.744. The van der Waals surface area contributed by atoms with Gasteiger partial charge < -0.3 is 39.4 Å². The number of carbonyl (C=O) groups is 4. The van der Waals surface area contributed by atoms with Gasteiger partial charge in [0.1, 0.15) is 11.7 Å². The van der Waals surface area contributed by atoms with E-state index in [0.717, 1.165) is 5.57 Å². The second-order valence-corrected chi connectivity index (χ2v) is 17.5. The van der Waals surface area contributed by atoms with E-state index < -0.39 is 87.2 Å². The minimum atomic E-state index is -2.01. The summed E-state index contributed by atoms with van der Waals surface area (Å²) in [6.45, 7) is 16.7. The highest BCUT2D eigenvalue weighted by molar-refractivity contribution is 6.01. The van der Waals surface area contributed by atoms with Crippen LogP contribution in [-0.4, -0.2) is 92.4 Å². The van der Waals surface area contributed by atoms with Crippen molar-refractivity contribution in [1.29, 1.82) is 0 Å². The molecule has 1 saturated heterocycles. The van der Waals surface area contributed by atoms with E-state index in [1.165, 1.54) is 46.8 Å². The number of fused-ring (bicyclic) bond motifs is 5. The van der Waals surface area contributed by atoms with Gasteiger partial charge in [-0.25, -0.2) is 0 Å². The van der Waals surface area contributed by atoms with E-state index >= 15 is 0 Å². The fourth-order valence-electron chi connectivity index (χ4n) is 10.6. The molecule has 5 rings (SSSR count). The van der Waals surface area contributed by atoms with Gasteiger partial charge in [0.2, 0.25) is 5.78 Å². The van der Waals surface area contributed by atoms with Gasteiger partial charge in [0.05, 0.1) is 23.7 Å². The summed E-state index contributed by atoms with van der Waals surface area (Å²) >= 11 is 0. The lowest BCUT2D eigenvalue weighted by molar-refractivity contribution is -0.296. The van der Waals surface area contributed by atoms with Gasteiger partial charge in [0.25, 0.3) is 0 Å². The monoisotopic (exact) mass is 716 g/mol. The Bertz CT molecular complexity index is 1550. The average molecular weight is 717 g/mol. The molecule has 1 aliphatic heterocycles.